The monoisotopic (exact) mass is 370 g/mol. The number of aromatic nitrogens is 2. The van der Waals surface area contributed by atoms with Crippen molar-refractivity contribution in [2.24, 2.45) is 0 Å². The van der Waals surface area contributed by atoms with Crippen molar-refractivity contribution in [2.75, 3.05) is 0 Å². The van der Waals surface area contributed by atoms with Crippen LogP contribution in [0.5, 0.6) is 0 Å². The van der Waals surface area contributed by atoms with Crippen LogP contribution in [0.3, 0.4) is 0 Å². The molecule has 110 valence electrons. The fourth-order valence-electron chi connectivity index (χ4n) is 2.90. The van der Waals surface area contributed by atoms with Crippen LogP contribution in [0.4, 0.5) is 0 Å². The van der Waals surface area contributed by atoms with E-state index in [1.807, 2.05) is 0 Å². The van der Waals surface area contributed by atoms with Gasteiger partial charge in [-0.2, -0.15) is 0 Å². The number of rotatable bonds is 2. The second kappa shape index (κ2) is 5.21. The van der Waals surface area contributed by atoms with E-state index >= 15 is 0 Å². The number of imidazole rings is 1. The first kappa shape index (κ1) is 14.0. The van der Waals surface area contributed by atoms with Crippen molar-refractivity contribution in [1.29, 1.82) is 0 Å². The highest BCUT2D eigenvalue weighted by atomic mass is 79.9. The molecule has 0 fully saturated rings. The third-order valence-electron chi connectivity index (χ3n) is 3.95. The Morgan fingerprint density at radius 2 is 1.91 bits per heavy atom. The van der Waals surface area contributed by atoms with Crippen molar-refractivity contribution in [1.82, 2.24) is 9.38 Å². The third kappa shape index (κ3) is 2.09. The van der Waals surface area contributed by atoms with Gasteiger partial charge in [-0.3, -0.25) is 4.40 Å². The summed E-state index contributed by atoms with van der Waals surface area (Å²) in [7, 11) is 0. The Morgan fingerprint density at radius 3 is 2.64 bits per heavy atom. The van der Waals surface area contributed by atoms with Crippen LogP contribution in [0.25, 0.3) is 26.4 Å². The van der Waals surface area contributed by atoms with Crippen LogP contribution in [0.15, 0.2) is 46.9 Å². The predicted octanol–water partition coefficient (Wildman–Crippen LogP) is 5.85. The van der Waals surface area contributed by atoms with E-state index in [2.05, 4.69) is 76.6 Å². The van der Waals surface area contributed by atoms with Crippen molar-refractivity contribution in [2.45, 2.75) is 20.3 Å². The van der Waals surface area contributed by atoms with Gasteiger partial charge in [-0.25, -0.2) is 4.98 Å². The number of benzene rings is 2. The molecule has 0 spiro atoms. The standard InChI is InChI=1S/C18H15BrN2S/c1-3-14-17(12-5-7-13(19)8-6-12)20-18-21(14)15-9-4-11(2)10-16(15)22-18/h4-10H,3H2,1-2H3. The van der Waals surface area contributed by atoms with Crippen molar-refractivity contribution in [3.05, 3.63) is 58.2 Å². The highest BCUT2D eigenvalue weighted by Crippen LogP contribution is 2.34. The van der Waals surface area contributed by atoms with Crippen LogP contribution in [-0.2, 0) is 6.42 Å². The molecule has 0 atom stereocenters. The van der Waals surface area contributed by atoms with Gasteiger partial charge < -0.3 is 0 Å². The number of hydrogen-bond acceptors (Lipinski definition) is 2. The van der Waals surface area contributed by atoms with Crippen LogP contribution in [0.1, 0.15) is 18.2 Å². The van der Waals surface area contributed by atoms with Crippen molar-refractivity contribution in [3.63, 3.8) is 0 Å². The number of nitrogens with zero attached hydrogens (tertiary/aromatic N) is 2. The Hall–Kier alpha value is -1.65. The highest BCUT2D eigenvalue weighted by Gasteiger charge is 2.16. The average Bonchev–Trinajstić information content (AvgIpc) is 3.02. The zero-order valence-corrected chi connectivity index (χ0v) is 14.8. The van der Waals surface area contributed by atoms with Gasteiger partial charge in [0.2, 0.25) is 0 Å². The Labute approximate surface area is 141 Å². The molecule has 22 heavy (non-hydrogen) atoms. The molecule has 2 heterocycles. The summed E-state index contributed by atoms with van der Waals surface area (Å²) in [5, 5.41) is 0. The molecule has 0 aliphatic rings. The minimum absolute atomic E-state index is 0.965. The van der Waals surface area contributed by atoms with E-state index in [9.17, 15) is 0 Å². The molecule has 4 aromatic rings. The van der Waals surface area contributed by atoms with E-state index in [1.54, 1.807) is 11.3 Å². The summed E-state index contributed by atoms with van der Waals surface area (Å²) in [6.45, 7) is 4.33. The van der Waals surface area contributed by atoms with Crippen LogP contribution in [-0.4, -0.2) is 9.38 Å². The van der Waals surface area contributed by atoms with Gasteiger partial charge in [0, 0.05) is 10.0 Å². The van der Waals surface area contributed by atoms with Gasteiger partial charge in [0.25, 0.3) is 0 Å². The molecule has 0 bridgehead atoms. The van der Waals surface area contributed by atoms with Gasteiger partial charge in [0.1, 0.15) is 0 Å². The second-order valence-corrected chi connectivity index (χ2v) is 7.38. The van der Waals surface area contributed by atoms with Crippen LogP contribution in [0, 0.1) is 6.92 Å². The molecule has 0 radical (unpaired) electrons. The first-order chi connectivity index (χ1) is 10.7. The van der Waals surface area contributed by atoms with E-state index in [-0.39, 0.29) is 0 Å². The Balaban J connectivity index is 2.02. The van der Waals surface area contributed by atoms with Crippen molar-refractivity contribution < 1.29 is 0 Å². The van der Waals surface area contributed by atoms with Gasteiger partial charge in [-0.15, -0.1) is 0 Å². The highest BCUT2D eigenvalue weighted by molar-refractivity contribution is 9.10. The molecule has 2 aromatic carbocycles. The van der Waals surface area contributed by atoms with Gasteiger partial charge in [-0.1, -0.05) is 52.4 Å². The van der Waals surface area contributed by atoms with E-state index in [1.165, 1.54) is 27.0 Å². The quantitative estimate of drug-likeness (QED) is 0.432. The lowest BCUT2D eigenvalue weighted by Gasteiger charge is -2.03. The van der Waals surface area contributed by atoms with E-state index in [4.69, 9.17) is 4.98 Å². The summed E-state index contributed by atoms with van der Waals surface area (Å²) in [4.78, 5) is 6.00. The summed E-state index contributed by atoms with van der Waals surface area (Å²) in [6, 6.07) is 15.0. The Bertz CT molecular complexity index is 980. The molecule has 0 saturated carbocycles. The summed E-state index contributed by atoms with van der Waals surface area (Å²) >= 11 is 5.26. The molecule has 0 saturated heterocycles. The average molecular weight is 371 g/mol. The van der Waals surface area contributed by atoms with Crippen LogP contribution < -0.4 is 0 Å². The van der Waals surface area contributed by atoms with Crippen LogP contribution in [0.2, 0.25) is 0 Å². The largest absolute Gasteiger partial charge is 0.287 e. The maximum Gasteiger partial charge on any atom is 0.195 e. The van der Waals surface area contributed by atoms with Gasteiger partial charge in [0.15, 0.2) is 4.96 Å². The Kier molecular flexibility index (Phi) is 3.31. The zero-order chi connectivity index (χ0) is 15.3. The minimum Gasteiger partial charge on any atom is -0.287 e. The van der Waals surface area contributed by atoms with Gasteiger partial charge >= 0.3 is 0 Å². The van der Waals surface area contributed by atoms with Gasteiger partial charge in [-0.05, 0) is 43.2 Å². The fourth-order valence-corrected chi connectivity index (χ4v) is 4.31. The number of halogens is 1. The first-order valence-corrected chi connectivity index (χ1v) is 8.94. The van der Waals surface area contributed by atoms with E-state index < -0.39 is 0 Å². The number of fused-ring (bicyclic) bond motifs is 3. The number of thiazole rings is 1. The maximum atomic E-state index is 4.92. The molecular weight excluding hydrogens is 356 g/mol. The normalized spacial score (nSPS) is 11.6. The molecular formula is C18H15BrN2S. The van der Waals surface area contributed by atoms with E-state index in [0.717, 1.165) is 21.5 Å². The predicted molar refractivity (Wildman–Crippen MR) is 97.8 cm³/mol. The molecule has 2 aromatic heterocycles. The molecule has 0 aliphatic heterocycles. The fraction of sp³-hybridized carbons (Fsp3) is 0.167. The molecule has 2 nitrogen and oxygen atoms in total. The smallest absolute Gasteiger partial charge is 0.195 e. The van der Waals surface area contributed by atoms with Crippen molar-refractivity contribution in [3.8, 4) is 11.3 Å². The zero-order valence-electron chi connectivity index (χ0n) is 12.4. The lowest BCUT2D eigenvalue weighted by atomic mass is 10.1. The molecule has 0 amide bonds. The number of aryl methyl sites for hydroxylation is 2. The summed E-state index contributed by atoms with van der Waals surface area (Å²) in [5.41, 5.74) is 6.12. The topological polar surface area (TPSA) is 17.3 Å². The second-order valence-electron chi connectivity index (χ2n) is 5.46. The summed E-state index contributed by atoms with van der Waals surface area (Å²) in [5.74, 6) is 0. The number of hydrogen-bond donors (Lipinski definition) is 0. The SMILES string of the molecule is CCc1c(-c2ccc(Br)cc2)nc2sc3cc(C)ccc3n12. The maximum absolute atomic E-state index is 4.92. The Morgan fingerprint density at radius 1 is 1.14 bits per heavy atom. The van der Waals surface area contributed by atoms with Gasteiger partial charge in [0.05, 0.1) is 21.6 Å². The molecule has 0 N–H and O–H groups in total. The first-order valence-electron chi connectivity index (χ1n) is 7.34. The third-order valence-corrected chi connectivity index (χ3v) is 5.48. The summed E-state index contributed by atoms with van der Waals surface area (Å²) in [6.07, 6.45) is 0.965. The molecule has 0 unspecified atom stereocenters. The molecule has 4 heteroatoms. The lowest BCUT2D eigenvalue weighted by Crippen LogP contribution is -1.91. The van der Waals surface area contributed by atoms with Crippen LogP contribution >= 0.6 is 27.3 Å². The minimum atomic E-state index is 0.965. The summed E-state index contributed by atoms with van der Waals surface area (Å²) < 4.78 is 4.72. The van der Waals surface area contributed by atoms with E-state index in [0.29, 0.717) is 0 Å². The van der Waals surface area contributed by atoms with Crippen molar-refractivity contribution >= 4 is 42.4 Å². The molecule has 0 aliphatic carbocycles. The molecule has 4 rings (SSSR count). The lowest BCUT2D eigenvalue weighted by molar-refractivity contribution is 1.03.